The molecule has 0 aromatic carbocycles. The van der Waals surface area contributed by atoms with Crippen LogP contribution in [0.5, 0.6) is 0 Å². The van der Waals surface area contributed by atoms with Crippen molar-refractivity contribution in [1.82, 2.24) is 0 Å². The number of esters is 1. The van der Waals surface area contributed by atoms with Crippen LogP contribution in [0.2, 0.25) is 0 Å². The quantitative estimate of drug-likeness (QED) is 0.145. The fourth-order valence-electron chi connectivity index (χ4n) is 2.56. The van der Waals surface area contributed by atoms with Crippen LogP contribution in [0.4, 0.5) is 0 Å². The average Bonchev–Trinajstić information content (AvgIpc) is 2.50. The molecular formula is C20H36O2. The summed E-state index contributed by atoms with van der Waals surface area (Å²) in [5.41, 5.74) is 0. The van der Waals surface area contributed by atoms with Crippen molar-refractivity contribution in [1.29, 1.82) is 0 Å². The molecule has 0 unspecified atom stereocenters. The Morgan fingerprint density at radius 1 is 0.864 bits per heavy atom. The molecule has 0 amide bonds. The van der Waals surface area contributed by atoms with Gasteiger partial charge < -0.3 is 4.74 Å². The predicted octanol–water partition coefficient (Wildman–Crippen LogP) is 6.71. The summed E-state index contributed by atoms with van der Waals surface area (Å²) in [5, 5.41) is 0. The molecule has 0 saturated carbocycles. The van der Waals surface area contributed by atoms with Crippen LogP contribution in [0, 0.1) is 0 Å². The minimum atomic E-state index is -0.277. The normalized spacial score (nSPS) is 11.5. The molecule has 0 saturated heterocycles. The Kier molecular flexibility index (Phi) is 15.5. The molecule has 2 heteroatoms. The first kappa shape index (κ1) is 20.9. The van der Waals surface area contributed by atoms with Gasteiger partial charge in [-0.1, -0.05) is 84.1 Å². The lowest BCUT2D eigenvalue weighted by atomic mass is 10.0. The monoisotopic (exact) mass is 308 g/mol. The van der Waals surface area contributed by atoms with E-state index >= 15 is 0 Å². The van der Waals surface area contributed by atoms with Crippen molar-refractivity contribution in [2.24, 2.45) is 0 Å². The van der Waals surface area contributed by atoms with Crippen molar-refractivity contribution < 1.29 is 9.53 Å². The van der Waals surface area contributed by atoms with E-state index in [1.54, 1.807) is 6.08 Å². The largest absolute Gasteiger partial charge is 0.427 e. The molecule has 0 N–H and O–H groups in total. The fourth-order valence-corrected chi connectivity index (χ4v) is 2.56. The molecule has 0 bridgehead atoms. The van der Waals surface area contributed by atoms with Crippen molar-refractivity contribution >= 4 is 5.97 Å². The number of carbonyl (C=O) groups excluding carboxylic acids is 1. The maximum Gasteiger partial charge on any atom is 0.308 e. The van der Waals surface area contributed by atoms with Crippen LogP contribution < -0.4 is 0 Å². The molecule has 22 heavy (non-hydrogen) atoms. The first-order valence-electron chi connectivity index (χ1n) is 9.21. The van der Waals surface area contributed by atoms with Crippen LogP contribution in [0.1, 0.15) is 97.3 Å². The molecule has 0 aromatic rings. The summed E-state index contributed by atoms with van der Waals surface area (Å²) in [6.45, 7) is 7.33. The molecule has 0 aromatic heterocycles. The van der Waals surface area contributed by atoms with Gasteiger partial charge >= 0.3 is 5.97 Å². The third kappa shape index (κ3) is 15.3. The molecule has 0 aliphatic rings. The second-order valence-electron chi connectivity index (χ2n) is 6.08. The summed E-state index contributed by atoms with van der Waals surface area (Å²) in [6.07, 6.45) is 20.8. The Balaban J connectivity index is 3.31. The van der Waals surface area contributed by atoms with E-state index in [9.17, 15) is 4.79 Å². The van der Waals surface area contributed by atoms with Gasteiger partial charge in [-0.2, -0.15) is 0 Å². The predicted molar refractivity (Wildman–Crippen MR) is 95.7 cm³/mol. The van der Waals surface area contributed by atoms with E-state index in [0.717, 1.165) is 12.8 Å². The van der Waals surface area contributed by atoms with Gasteiger partial charge in [-0.05, 0) is 25.0 Å². The third-order valence-corrected chi connectivity index (χ3v) is 3.87. The number of unbranched alkanes of at least 4 members (excludes halogenated alkanes) is 12. The summed E-state index contributed by atoms with van der Waals surface area (Å²) in [4.78, 5) is 10.8. The maximum absolute atomic E-state index is 10.8. The van der Waals surface area contributed by atoms with E-state index in [2.05, 4.69) is 13.5 Å². The molecule has 128 valence electrons. The minimum Gasteiger partial charge on any atom is -0.427 e. The molecular weight excluding hydrogens is 272 g/mol. The number of ether oxygens (including phenoxy) is 1. The zero-order chi connectivity index (χ0) is 16.5. The van der Waals surface area contributed by atoms with Gasteiger partial charge in [0.25, 0.3) is 0 Å². The topological polar surface area (TPSA) is 26.3 Å². The van der Waals surface area contributed by atoms with Crippen LogP contribution >= 0.6 is 0 Å². The van der Waals surface area contributed by atoms with Gasteiger partial charge in [-0.15, -0.1) is 0 Å². The van der Waals surface area contributed by atoms with E-state index < -0.39 is 0 Å². The molecule has 0 atom stereocenters. The number of carbonyl (C=O) groups is 1. The van der Waals surface area contributed by atoms with E-state index in [0.29, 0.717) is 5.76 Å². The van der Waals surface area contributed by atoms with Crippen LogP contribution in [0.15, 0.2) is 24.5 Å². The highest BCUT2D eigenvalue weighted by Crippen LogP contribution is 2.13. The second kappa shape index (κ2) is 16.3. The van der Waals surface area contributed by atoms with Crippen molar-refractivity contribution in [2.75, 3.05) is 0 Å². The van der Waals surface area contributed by atoms with Crippen molar-refractivity contribution in [2.45, 2.75) is 97.3 Å². The highest BCUT2D eigenvalue weighted by atomic mass is 16.5. The Morgan fingerprint density at radius 3 is 1.73 bits per heavy atom. The first-order valence-corrected chi connectivity index (χ1v) is 9.21. The summed E-state index contributed by atoms with van der Waals surface area (Å²) < 4.78 is 5.01. The molecule has 0 fully saturated rings. The standard InChI is InChI=1S/C20H36O2/c1-4-6-7-8-9-10-11-12-13-14-15-16-17-18-20(5-2)22-19(3)21/h5,18H,2,4,6-17H2,1,3H3. The summed E-state index contributed by atoms with van der Waals surface area (Å²) in [6, 6.07) is 0. The van der Waals surface area contributed by atoms with Gasteiger partial charge in [0, 0.05) is 6.92 Å². The molecule has 0 heterocycles. The van der Waals surface area contributed by atoms with Gasteiger partial charge in [0.2, 0.25) is 0 Å². The second-order valence-corrected chi connectivity index (χ2v) is 6.08. The van der Waals surface area contributed by atoms with Gasteiger partial charge in [0.1, 0.15) is 5.76 Å². The van der Waals surface area contributed by atoms with E-state index in [1.165, 1.54) is 77.6 Å². The molecule has 0 rings (SSSR count). The molecule has 0 radical (unpaired) electrons. The van der Waals surface area contributed by atoms with Crippen LogP contribution in [0.25, 0.3) is 0 Å². The van der Waals surface area contributed by atoms with Crippen molar-refractivity contribution in [3.63, 3.8) is 0 Å². The fraction of sp³-hybridized carbons (Fsp3) is 0.750. The van der Waals surface area contributed by atoms with E-state index in [1.807, 2.05) is 6.08 Å². The molecule has 2 nitrogen and oxygen atoms in total. The summed E-state index contributed by atoms with van der Waals surface area (Å²) >= 11 is 0. The van der Waals surface area contributed by atoms with Crippen molar-refractivity contribution in [3.05, 3.63) is 24.5 Å². The smallest absolute Gasteiger partial charge is 0.308 e. The van der Waals surface area contributed by atoms with Gasteiger partial charge in [-0.25, -0.2) is 0 Å². The Labute approximate surface area is 138 Å². The maximum atomic E-state index is 10.8. The molecule has 0 spiro atoms. The number of rotatable bonds is 15. The molecule has 0 aliphatic heterocycles. The molecule has 0 aliphatic carbocycles. The Morgan fingerprint density at radius 2 is 1.32 bits per heavy atom. The average molecular weight is 309 g/mol. The van der Waals surface area contributed by atoms with Gasteiger partial charge in [-0.3, -0.25) is 4.79 Å². The van der Waals surface area contributed by atoms with Gasteiger partial charge in [0.15, 0.2) is 0 Å². The SMILES string of the molecule is C=CC(=CCCCCCCCCCCCCCC)OC(C)=O. The highest BCUT2D eigenvalue weighted by molar-refractivity contribution is 5.67. The van der Waals surface area contributed by atoms with Crippen LogP contribution in [0.3, 0.4) is 0 Å². The lowest BCUT2D eigenvalue weighted by Crippen LogP contribution is -1.96. The zero-order valence-corrected chi connectivity index (χ0v) is 14.9. The minimum absolute atomic E-state index is 0.277. The number of hydrogen-bond donors (Lipinski definition) is 0. The number of allylic oxidation sites excluding steroid dienone is 2. The lowest BCUT2D eigenvalue weighted by Gasteiger charge is -2.03. The van der Waals surface area contributed by atoms with Crippen LogP contribution in [-0.2, 0) is 9.53 Å². The Bertz CT molecular complexity index is 305. The Hall–Kier alpha value is -1.05. The summed E-state index contributed by atoms with van der Waals surface area (Å²) in [5.74, 6) is 0.316. The number of hydrogen-bond acceptors (Lipinski definition) is 2. The summed E-state index contributed by atoms with van der Waals surface area (Å²) in [7, 11) is 0. The lowest BCUT2D eigenvalue weighted by molar-refractivity contribution is -0.136. The van der Waals surface area contributed by atoms with Crippen LogP contribution in [-0.4, -0.2) is 5.97 Å². The zero-order valence-electron chi connectivity index (χ0n) is 14.9. The third-order valence-electron chi connectivity index (χ3n) is 3.87. The first-order chi connectivity index (χ1) is 10.7. The van der Waals surface area contributed by atoms with Gasteiger partial charge in [0.05, 0.1) is 0 Å². The van der Waals surface area contributed by atoms with E-state index in [-0.39, 0.29) is 5.97 Å². The van der Waals surface area contributed by atoms with E-state index in [4.69, 9.17) is 4.74 Å². The highest BCUT2D eigenvalue weighted by Gasteiger charge is 1.97. The van der Waals surface area contributed by atoms with Crippen molar-refractivity contribution in [3.8, 4) is 0 Å².